The van der Waals surface area contributed by atoms with Gasteiger partial charge in [-0.2, -0.15) is 0 Å². The van der Waals surface area contributed by atoms with Crippen molar-refractivity contribution in [2.45, 2.75) is 13.3 Å². The Labute approximate surface area is 129 Å². The molecule has 2 heterocycles. The second-order valence-corrected chi connectivity index (χ2v) is 5.74. The highest BCUT2D eigenvalue weighted by Crippen LogP contribution is 2.33. The number of fused-ring (bicyclic) bond motifs is 1. The summed E-state index contributed by atoms with van der Waals surface area (Å²) in [6.07, 6.45) is 0.791. The molecule has 2 aromatic heterocycles. The first-order valence-electron chi connectivity index (χ1n) is 6.24. The van der Waals surface area contributed by atoms with E-state index in [9.17, 15) is 5.11 Å². The number of rotatable bonds is 3. The highest BCUT2D eigenvalue weighted by molar-refractivity contribution is 7.80. The number of phenolic OH excluding ortho intramolecular Hbond substituents is 1. The molecule has 0 spiro atoms. The lowest BCUT2D eigenvalue weighted by Gasteiger charge is -2.06. The largest absolute Gasteiger partial charge is 0.507 e. The Morgan fingerprint density at radius 1 is 1.57 bits per heavy atom. The van der Waals surface area contributed by atoms with E-state index in [-0.39, 0.29) is 10.9 Å². The van der Waals surface area contributed by atoms with E-state index in [1.807, 2.05) is 6.92 Å². The molecular weight excluding hydrogens is 308 g/mol. The van der Waals surface area contributed by atoms with Crippen molar-refractivity contribution in [3.63, 3.8) is 0 Å². The average molecular weight is 321 g/mol. The molecule has 108 valence electrons. The van der Waals surface area contributed by atoms with E-state index in [0.717, 1.165) is 17.2 Å². The number of aromatic nitrogens is 4. The lowest BCUT2D eigenvalue weighted by atomic mass is 10.2. The molecule has 0 atom stereocenters. The molecule has 3 aromatic rings. The summed E-state index contributed by atoms with van der Waals surface area (Å²) < 4.78 is 1.74. The Hall–Kier alpha value is -2.26. The number of phenols is 1. The van der Waals surface area contributed by atoms with Gasteiger partial charge in [0.05, 0.1) is 10.7 Å². The zero-order chi connectivity index (χ0) is 15.0. The Kier molecular flexibility index (Phi) is 3.43. The van der Waals surface area contributed by atoms with Crippen LogP contribution in [-0.4, -0.2) is 25.5 Å². The quantitative estimate of drug-likeness (QED) is 0.328. The van der Waals surface area contributed by atoms with Crippen molar-refractivity contribution < 1.29 is 9.62 Å². The Morgan fingerprint density at radius 3 is 3.10 bits per heavy atom. The van der Waals surface area contributed by atoms with Crippen LogP contribution in [0.1, 0.15) is 12.7 Å². The van der Waals surface area contributed by atoms with Crippen molar-refractivity contribution in [1.82, 2.24) is 15.3 Å². The van der Waals surface area contributed by atoms with Crippen molar-refractivity contribution in [3.05, 3.63) is 24.0 Å². The summed E-state index contributed by atoms with van der Waals surface area (Å²) in [6, 6.07) is 5.02. The normalized spacial score (nSPS) is 10.9. The van der Waals surface area contributed by atoms with Crippen molar-refractivity contribution in [2.75, 3.05) is 5.32 Å². The number of nitrogens with two attached hydrogens (primary N) is 1. The molecule has 9 heteroatoms. The second-order valence-electron chi connectivity index (χ2n) is 4.35. The molecule has 0 aliphatic carbocycles. The van der Waals surface area contributed by atoms with Crippen LogP contribution in [-0.2, 0) is 6.42 Å². The zero-order valence-corrected chi connectivity index (χ0v) is 12.8. The van der Waals surface area contributed by atoms with Crippen LogP contribution in [0, 0.1) is 0 Å². The third-order valence-electron chi connectivity index (χ3n) is 2.93. The zero-order valence-electron chi connectivity index (χ0n) is 11.1. The molecule has 5 N–H and O–H groups in total. The lowest BCUT2D eigenvalue weighted by Crippen LogP contribution is -2.25. The number of aromatic amines is 1. The lowest BCUT2D eigenvalue weighted by molar-refractivity contribution is -0.583. The van der Waals surface area contributed by atoms with Crippen molar-refractivity contribution in [1.29, 1.82) is 0 Å². The fourth-order valence-electron chi connectivity index (χ4n) is 1.95. The first-order valence-corrected chi connectivity index (χ1v) is 7.47. The van der Waals surface area contributed by atoms with Crippen LogP contribution < -0.4 is 15.6 Å². The molecule has 21 heavy (non-hydrogen) atoms. The topological polar surface area (TPSA) is 104 Å². The van der Waals surface area contributed by atoms with Gasteiger partial charge in [-0.25, -0.2) is 0 Å². The number of aromatic hydroxyl groups is 1. The summed E-state index contributed by atoms with van der Waals surface area (Å²) in [5, 5.41) is 25.3. The molecule has 0 unspecified atom stereocenters. The van der Waals surface area contributed by atoms with Crippen LogP contribution in [0.25, 0.3) is 15.5 Å². The van der Waals surface area contributed by atoms with E-state index >= 15 is 0 Å². The summed E-state index contributed by atoms with van der Waals surface area (Å²) in [7, 11) is 0. The molecule has 0 amide bonds. The van der Waals surface area contributed by atoms with Crippen molar-refractivity contribution >= 4 is 39.3 Å². The average Bonchev–Trinajstić information content (AvgIpc) is 3.00. The number of H-pyrrole nitrogens is 1. The second kappa shape index (κ2) is 5.26. The molecule has 7 nitrogen and oxygen atoms in total. The summed E-state index contributed by atoms with van der Waals surface area (Å²) in [4.78, 5) is 0.744. The fraction of sp³-hybridized carbons (Fsp3) is 0.167. The first-order chi connectivity index (χ1) is 10.1. The smallest absolute Gasteiger partial charge is 0.384 e. The third-order valence-corrected chi connectivity index (χ3v) is 3.97. The van der Waals surface area contributed by atoms with Crippen LogP contribution in [0.4, 0.5) is 5.69 Å². The van der Waals surface area contributed by atoms with Gasteiger partial charge in [0.15, 0.2) is 10.1 Å². The maximum atomic E-state index is 10.0. The van der Waals surface area contributed by atoms with E-state index in [1.165, 1.54) is 11.3 Å². The number of nitrogens with zero attached hydrogens (tertiary/aromatic N) is 3. The van der Waals surface area contributed by atoms with Gasteiger partial charge in [-0.05, 0) is 41.8 Å². The van der Waals surface area contributed by atoms with Crippen LogP contribution in [0.5, 0.6) is 5.75 Å². The molecule has 0 radical (unpaired) electrons. The highest BCUT2D eigenvalue weighted by atomic mass is 32.1. The minimum absolute atomic E-state index is 0.141. The third kappa shape index (κ3) is 2.52. The Morgan fingerprint density at radius 2 is 2.38 bits per heavy atom. The highest BCUT2D eigenvalue weighted by Gasteiger charge is 2.20. The van der Waals surface area contributed by atoms with E-state index in [4.69, 9.17) is 18.0 Å². The summed E-state index contributed by atoms with van der Waals surface area (Å²) in [5.41, 5.74) is 6.77. The fourth-order valence-corrected chi connectivity index (χ4v) is 2.97. The SMILES string of the molecule is CCc1[nH]nc2sc(-c3cc(NC(N)=S)ccc3O)n[n+]12. The molecule has 0 aliphatic rings. The molecule has 1 aromatic carbocycles. The summed E-state index contributed by atoms with van der Waals surface area (Å²) in [5.74, 6) is 1.05. The first kappa shape index (κ1) is 13.7. The molecule has 0 fully saturated rings. The van der Waals surface area contributed by atoms with Gasteiger partial charge in [-0.1, -0.05) is 16.5 Å². The molecule has 0 saturated heterocycles. The number of hydrogen-bond acceptors (Lipinski definition) is 5. The van der Waals surface area contributed by atoms with Crippen LogP contribution in [0.15, 0.2) is 18.2 Å². The Balaban J connectivity index is 2.08. The predicted molar refractivity (Wildman–Crippen MR) is 84.3 cm³/mol. The predicted octanol–water partition coefficient (Wildman–Crippen LogP) is 1.20. The number of aryl methyl sites for hydroxylation is 1. The van der Waals surface area contributed by atoms with Gasteiger partial charge in [-0.3, -0.25) is 0 Å². The number of thiocarbonyl (C=S) groups is 1. The number of benzene rings is 1. The van der Waals surface area contributed by atoms with Gasteiger partial charge in [0.2, 0.25) is 0 Å². The van der Waals surface area contributed by atoms with Crippen LogP contribution >= 0.6 is 23.6 Å². The number of hydrogen-bond donors (Lipinski definition) is 4. The molecule has 0 bridgehead atoms. The number of anilines is 1. The van der Waals surface area contributed by atoms with Crippen LogP contribution in [0.2, 0.25) is 0 Å². The standard InChI is InChI=1S/C12H12N6OS2/c1-2-9-15-16-12-18(9)17-10(21-12)7-5-6(14-11(13)20)3-4-8(7)19/h3-5H,2H2,1H3,(H4,13,14,17,19,20)/p+1. The van der Waals surface area contributed by atoms with Gasteiger partial charge < -0.3 is 16.2 Å². The molecule has 0 saturated carbocycles. The van der Waals surface area contributed by atoms with Crippen molar-refractivity contribution in [2.24, 2.45) is 5.73 Å². The maximum absolute atomic E-state index is 10.0. The van der Waals surface area contributed by atoms with Gasteiger partial charge in [-0.15, -0.1) is 5.10 Å². The van der Waals surface area contributed by atoms with Gasteiger partial charge in [0.1, 0.15) is 5.75 Å². The monoisotopic (exact) mass is 321 g/mol. The van der Waals surface area contributed by atoms with Gasteiger partial charge >= 0.3 is 4.96 Å². The molecule has 0 aliphatic heterocycles. The van der Waals surface area contributed by atoms with Crippen LogP contribution in [0.3, 0.4) is 0 Å². The summed E-state index contributed by atoms with van der Waals surface area (Å²) in [6.45, 7) is 2.02. The number of nitrogens with one attached hydrogen (secondary N) is 2. The van der Waals surface area contributed by atoms with E-state index < -0.39 is 0 Å². The Bertz CT molecular complexity index is 824. The molecule has 3 rings (SSSR count). The van der Waals surface area contributed by atoms with Gasteiger partial charge in [0.25, 0.3) is 5.82 Å². The van der Waals surface area contributed by atoms with Crippen molar-refractivity contribution in [3.8, 4) is 16.3 Å². The minimum Gasteiger partial charge on any atom is -0.507 e. The maximum Gasteiger partial charge on any atom is 0.384 e. The van der Waals surface area contributed by atoms with E-state index in [1.54, 1.807) is 22.7 Å². The molecular formula is C12H13N6OS2+. The van der Waals surface area contributed by atoms with Gasteiger partial charge in [0, 0.05) is 12.1 Å². The summed E-state index contributed by atoms with van der Waals surface area (Å²) >= 11 is 6.20. The van der Waals surface area contributed by atoms with E-state index in [0.29, 0.717) is 16.3 Å². The van der Waals surface area contributed by atoms with E-state index in [2.05, 4.69) is 20.6 Å². The minimum atomic E-state index is 0.141.